The monoisotopic (exact) mass is 286 g/mol. The van der Waals surface area contributed by atoms with Crippen LogP contribution in [-0.4, -0.2) is 12.2 Å². The normalized spacial score (nSPS) is 11.4. The highest BCUT2D eigenvalue weighted by Gasteiger charge is 2.31. The van der Waals surface area contributed by atoms with E-state index in [4.69, 9.17) is 4.74 Å². The predicted octanol–water partition coefficient (Wildman–Crippen LogP) is 4.23. The van der Waals surface area contributed by atoms with Crippen LogP contribution in [0.1, 0.15) is 5.56 Å². The predicted molar refractivity (Wildman–Crippen MR) is 65.1 cm³/mol. The summed E-state index contributed by atoms with van der Waals surface area (Å²) in [6.07, 6.45) is -4.57. The molecule has 0 aromatic heterocycles. The summed E-state index contributed by atoms with van der Waals surface area (Å²) in [6, 6.07) is 6.36. The van der Waals surface area contributed by atoms with Crippen molar-refractivity contribution in [2.45, 2.75) is 6.18 Å². The highest BCUT2D eigenvalue weighted by atomic mass is 19.4. The second-order valence-corrected chi connectivity index (χ2v) is 4.05. The van der Waals surface area contributed by atoms with E-state index in [0.29, 0.717) is 6.07 Å². The van der Waals surface area contributed by atoms with E-state index in [1.807, 2.05) is 0 Å². The Balaban J connectivity index is 2.64. The summed E-state index contributed by atoms with van der Waals surface area (Å²) in [4.78, 5) is 0. The Kier molecular flexibility index (Phi) is 3.57. The number of hydrogen-bond donors (Lipinski definition) is 1. The molecule has 0 atom stereocenters. The number of rotatable bonds is 2. The van der Waals surface area contributed by atoms with Crippen LogP contribution < -0.4 is 4.74 Å². The molecular formula is C14H10F4O2. The molecule has 1 N–H and O–H groups in total. The minimum absolute atomic E-state index is 0.112. The van der Waals surface area contributed by atoms with E-state index in [9.17, 15) is 22.7 Å². The molecule has 2 rings (SSSR count). The van der Waals surface area contributed by atoms with Gasteiger partial charge >= 0.3 is 6.18 Å². The summed E-state index contributed by atoms with van der Waals surface area (Å²) < 4.78 is 56.8. The van der Waals surface area contributed by atoms with Gasteiger partial charge in [0, 0.05) is 11.1 Å². The van der Waals surface area contributed by atoms with Crippen molar-refractivity contribution >= 4 is 0 Å². The number of benzene rings is 2. The van der Waals surface area contributed by atoms with Crippen LogP contribution in [0.5, 0.6) is 11.5 Å². The molecule has 2 aromatic carbocycles. The van der Waals surface area contributed by atoms with Crippen LogP contribution in [0.25, 0.3) is 11.1 Å². The molecule has 20 heavy (non-hydrogen) atoms. The van der Waals surface area contributed by atoms with Gasteiger partial charge < -0.3 is 9.84 Å². The van der Waals surface area contributed by atoms with Crippen molar-refractivity contribution in [2.75, 3.05) is 7.11 Å². The third-order valence-corrected chi connectivity index (χ3v) is 2.80. The standard InChI is InChI=1S/C14H10F4O2/c1-20-12-4-2-3-9(13(12)15)10-7-8(14(16,17)18)5-6-11(10)19/h2-7,19H,1H3. The molecule has 0 aliphatic rings. The van der Waals surface area contributed by atoms with Gasteiger partial charge in [-0.15, -0.1) is 0 Å². The molecule has 2 aromatic rings. The first-order valence-electron chi connectivity index (χ1n) is 5.57. The lowest BCUT2D eigenvalue weighted by molar-refractivity contribution is -0.137. The number of halogens is 4. The maximum absolute atomic E-state index is 14.0. The van der Waals surface area contributed by atoms with Crippen LogP contribution in [0.4, 0.5) is 17.6 Å². The summed E-state index contributed by atoms with van der Waals surface area (Å²) in [5.41, 5.74) is -1.36. The van der Waals surface area contributed by atoms with E-state index in [1.165, 1.54) is 25.3 Å². The van der Waals surface area contributed by atoms with Gasteiger partial charge in [0.1, 0.15) is 5.75 Å². The second kappa shape index (κ2) is 5.03. The van der Waals surface area contributed by atoms with Gasteiger partial charge in [-0.3, -0.25) is 0 Å². The highest BCUT2D eigenvalue weighted by Crippen LogP contribution is 2.38. The molecule has 0 unspecified atom stereocenters. The van der Waals surface area contributed by atoms with Gasteiger partial charge in [-0.05, 0) is 24.3 Å². The minimum Gasteiger partial charge on any atom is -0.507 e. The third kappa shape index (κ3) is 2.54. The Morgan fingerprint density at radius 1 is 1.05 bits per heavy atom. The number of aromatic hydroxyl groups is 1. The fourth-order valence-corrected chi connectivity index (χ4v) is 1.80. The Labute approximate surface area is 112 Å². The minimum atomic E-state index is -4.57. The Morgan fingerprint density at radius 3 is 2.35 bits per heavy atom. The highest BCUT2D eigenvalue weighted by molar-refractivity contribution is 5.72. The van der Waals surface area contributed by atoms with E-state index in [2.05, 4.69) is 0 Å². The topological polar surface area (TPSA) is 29.5 Å². The molecule has 0 amide bonds. The Bertz CT molecular complexity index is 636. The largest absolute Gasteiger partial charge is 0.507 e. The summed E-state index contributed by atoms with van der Waals surface area (Å²) in [6.45, 7) is 0. The average molecular weight is 286 g/mol. The molecule has 2 nitrogen and oxygen atoms in total. The van der Waals surface area contributed by atoms with Gasteiger partial charge in [0.25, 0.3) is 0 Å². The molecule has 6 heteroatoms. The summed E-state index contributed by atoms with van der Waals surface area (Å²) in [7, 11) is 1.24. The van der Waals surface area contributed by atoms with Crippen molar-refractivity contribution < 1.29 is 27.4 Å². The summed E-state index contributed by atoms with van der Waals surface area (Å²) >= 11 is 0. The molecule has 0 spiro atoms. The molecule has 0 bridgehead atoms. The molecule has 0 radical (unpaired) electrons. The zero-order valence-electron chi connectivity index (χ0n) is 10.3. The SMILES string of the molecule is COc1cccc(-c2cc(C(F)(F)F)ccc2O)c1F. The second-order valence-electron chi connectivity index (χ2n) is 4.05. The van der Waals surface area contributed by atoms with Crippen molar-refractivity contribution in [1.82, 2.24) is 0 Å². The van der Waals surface area contributed by atoms with Crippen molar-refractivity contribution in [3.63, 3.8) is 0 Å². The number of phenols is 1. The first-order chi connectivity index (χ1) is 9.34. The van der Waals surface area contributed by atoms with Crippen molar-refractivity contribution in [2.24, 2.45) is 0 Å². The summed E-state index contributed by atoms with van der Waals surface area (Å²) in [5, 5.41) is 9.67. The lowest BCUT2D eigenvalue weighted by Gasteiger charge is -2.12. The van der Waals surface area contributed by atoms with Crippen molar-refractivity contribution in [1.29, 1.82) is 0 Å². The average Bonchev–Trinajstić information content (AvgIpc) is 2.38. The van der Waals surface area contributed by atoms with Crippen LogP contribution in [-0.2, 0) is 6.18 Å². The quantitative estimate of drug-likeness (QED) is 0.837. The number of hydrogen-bond acceptors (Lipinski definition) is 2. The van der Waals surface area contributed by atoms with Crippen molar-refractivity contribution in [3.8, 4) is 22.6 Å². The molecule has 0 saturated heterocycles. The molecule has 0 heterocycles. The smallest absolute Gasteiger partial charge is 0.416 e. The molecule has 0 aliphatic heterocycles. The van der Waals surface area contributed by atoms with E-state index >= 15 is 0 Å². The first kappa shape index (κ1) is 14.2. The van der Waals surface area contributed by atoms with Crippen LogP contribution in [0.3, 0.4) is 0 Å². The first-order valence-corrected chi connectivity index (χ1v) is 5.57. The van der Waals surface area contributed by atoms with Crippen LogP contribution in [0.2, 0.25) is 0 Å². The van der Waals surface area contributed by atoms with Crippen LogP contribution in [0.15, 0.2) is 36.4 Å². The van der Waals surface area contributed by atoms with Crippen LogP contribution in [0, 0.1) is 5.82 Å². The fourth-order valence-electron chi connectivity index (χ4n) is 1.80. The maximum Gasteiger partial charge on any atom is 0.416 e. The Morgan fingerprint density at radius 2 is 1.75 bits per heavy atom. The van der Waals surface area contributed by atoms with Crippen molar-refractivity contribution in [3.05, 3.63) is 47.8 Å². The molecule has 0 fully saturated rings. The van der Waals surface area contributed by atoms with Gasteiger partial charge in [0.2, 0.25) is 0 Å². The lowest BCUT2D eigenvalue weighted by Crippen LogP contribution is -2.05. The Hall–Kier alpha value is -2.24. The molecular weight excluding hydrogens is 276 g/mol. The van der Waals surface area contributed by atoms with Gasteiger partial charge in [0.15, 0.2) is 11.6 Å². The van der Waals surface area contributed by atoms with Crippen LogP contribution >= 0.6 is 0 Å². The summed E-state index contributed by atoms with van der Waals surface area (Å²) in [5.74, 6) is -1.38. The molecule has 0 saturated carbocycles. The fraction of sp³-hybridized carbons (Fsp3) is 0.143. The number of methoxy groups -OCH3 is 1. The van der Waals surface area contributed by atoms with E-state index in [1.54, 1.807) is 0 Å². The van der Waals surface area contributed by atoms with E-state index in [-0.39, 0.29) is 16.9 Å². The van der Waals surface area contributed by atoms with E-state index in [0.717, 1.165) is 12.1 Å². The van der Waals surface area contributed by atoms with Gasteiger partial charge in [-0.1, -0.05) is 12.1 Å². The lowest BCUT2D eigenvalue weighted by atomic mass is 10.0. The molecule has 106 valence electrons. The zero-order valence-corrected chi connectivity index (χ0v) is 10.3. The van der Waals surface area contributed by atoms with Gasteiger partial charge in [-0.25, -0.2) is 4.39 Å². The maximum atomic E-state index is 14.0. The third-order valence-electron chi connectivity index (χ3n) is 2.80. The molecule has 0 aliphatic carbocycles. The van der Waals surface area contributed by atoms with E-state index < -0.39 is 23.3 Å². The number of ether oxygens (including phenoxy) is 1. The number of phenolic OH excluding ortho intramolecular Hbond substituents is 1. The van der Waals surface area contributed by atoms with Gasteiger partial charge in [0.05, 0.1) is 12.7 Å². The van der Waals surface area contributed by atoms with Gasteiger partial charge in [-0.2, -0.15) is 13.2 Å². The zero-order chi connectivity index (χ0) is 14.9. The number of alkyl halides is 3.